The van der Waals surface area contributed by atoms with Crippen LogP contribution in [0.3, 0.4) is 0 Å². The molecule has 2 aromatic heterocycles. The fourth-order valence-electron chi connectivity index (χ4n) is 9.16. The highest BCUT2D eigenvalue weighted by Crippen LogP contribution is 2.42. The largest absolute Gasteiger partial charge is 0.377 e. The first-order valence-corrected chi connectivity index (χ1v) is 25.4. The van der Waals surface area contributed by atoms with Gasteiger partial charge in [-0.15, -0.1) is 0 Å². The molecule has 2 saturated carbocycles. The summed E-state index contributed by atoms with van der Waals surface area (Å²) in [6, 6.07) is 20.9. The van der Waals surface area contributed by atoms with Crippen LogP contribution in [0.15, 0.2) is 84.9 Å². The van der Waals surface area contributed by atoms with Crippen molar-refractivity contribution in [3.05, 3.63) is 130 Å². The molecule has 2 aromatic carbocycles. The van der Waals surface area contributed by atoms with E-state index in [9.17, 15) is 36.7 Å². The second kappa shape index (κ2) is 27.1. The maximum absolute atomic E-state index is 15.0. The van der Waals surface area contributed by atoms with Gasteiger partial charge < -0.3 is 48.9 Å². The molecule has 2 aliphatic heterocycles. The van der Waals surface area contributed by atoms with Gasteiger partial charge in [0.15, 0.2) is 0 Å². The summed E-state index contributed by atoms with van der Waals surface area (Å²) in [5.74, 6) is -3.06. The van der Waals surface area contributed by atoms with Gasteiger partial charge in [-0.25, -0.2) is 18.7 Å². The van der Waals surface area contributed by atoms with E-state index in [0.29, 0.717) is 46.9 Å². The standard InChI is InChI=1S/C54H64F4N6O10/c55-39-29-45(53(67)61-49(37-7-3-1-4-8-37)43-17-15-41(35-11-12-35)51(57)59-43)63(31-39)47(65)33-73-27-25-71-23-21-69-19-20-70-22-24-72-26-28-74-34-48(66)64-32-40(56)30-46(64)54(68)62-50(38-9-5-2-6-10-38)44-18-16-42(36-13-14-36)52(58)60-44/h1-10,15-18,35-36,39-40,45-46,49-50H,11-14,19-34H2,(H,61,67)(H,62,68). The van der Waals surface area contributed by atoms with Crippen LogP contribution in [0.5, 0.6) is 0 Å². The van der Waals surface area contributed by atoms with Gasteiger partial charge in [0, 0.05) is 24.0 Å². The molecule has 4 aliphatic rings. The molecule has 0 spiro atoms. The molecule has 0 radical (unpaired) electrons. The summed E-state index contributed by atoms with van der Waals surface area (Å²) in [4.78, 5) is 64.2. The third-order valence-electron chi connectivity index (χ3n) is 13.3. The predicted molar refractivity (Wildman–Crippen MR) is 260 cm³/mol. The summed E-state index contributed by atoms with van der Waals surface area (Å²) in [5.41, 5.74) is 3.04. The molecular formula is C54H64F4N6O10. The van der Waals surface area contributed by atoms with Gasteiger partial charge in [-0.05, 0) is 60.8 Å². The number of likely N-dealkylation sites (tertiary alicyclic amines) is 2. The lowest BCUT2D eigenvalue weighted by Gasteiger charge is -2.26. The number of aromatic nitrogens is 2. The van der Waals surface area contributed by atoms with Crippen molar-refractivity contribution in [2.24, 2.45) is 0 Å². The highest BCUT2D eigenvalue weighted by molar-refractivity contribution is 5.90. The minimum Gasteiger partial charge on any atom is -0.377 e. The first-order chi connectivity index (χ1) is 36.0. The minimum atomic E-state index is -1.40. The highest BCUT2D eigenvalue weighted by atomic mass is 19.1. The van der Waals surface area contributed by atoms with Gasteiger partial charge in [0.05, 0.1) is 103 Å². The van der Waals surface area contributed by atoms with E-state index >= 15 is 0 Å². The quantitative estimate of drug-likeness (QED) is 0.0392. The number of carbonyl (C=O) groups is 4. The Bertz CT molecular complexity index is 2310. The predicted octanol–water partition coefficient (Wildman–Crippen LogP) is 5.60. The van der Waals surface area contributed by atoms with E-state index in [2.05, 4.69) is 20.6 Å². The van der Waals surface area contributed by atoms with Crippen LogP contribution in [0.25, 0.3) is 0 Å². The first kappa shape index (κ1) is 54.4. The fraction of sp³-hybridized carbons (Fsp3) is 0.519. The van der Waals surface area contributed by atoms with Crippen LogP contribution in [0.1, 0.15) is 96.1 Å². The van der Waals surface area contributed by atoms with Crippen LogP contribution in [-0.2, 0) is 47.6 Å². The third-order valence-corrected chi connectivity index (χ3v) is 13.3. The van der Waals surface area contributed by atoms with Gasteiger partial charge >= 0.3 is 0 Å². The Kier molecular flexibility index (Phi) is 19.9. The Morgan fingerprint density at radius 3 is 1.16 bits per heavy atom. The topological polar surface area (TPSA) is 180 Å². The summed E-state index contributed by atoms with van der Waals surface area (Å²) in [5, 5.41) is 5.78. The van der Waals surface area contributed by atoms with E-state index in [-0.39, 0.29) is 104 Å². The number of alkyl halides is 2. The number of carbonyl (C=O) groups excluding carboxylic acids is 4. The SMILES string of the molecule is O=C(NC(c1ccccc1)c1ccc(C2CC2)c(F)n1)C1CC(F)CN1C(=O)COCCOCCOCCOCCOCCOCC(=O)N1CC(F)CC1C(=O)NC(c1ccccc1)c1ccc(C2CC2)c(F)n1. The minimum absolute atomic E-state index is 0.0800. The summed E-state index contributed by atoms with van der Waals surface area (Å²) < 4.78 is 92.4. The normalized spacial score (nSPS) is 20.4. The van der Waals surface area contributed by atoms with Crippen LogP contribution in [-0.4, -0.2) is 160 Å². The number of halogens is 4. The molecule has 4 fully saturated rings. The zero-order valence-corrected chi connectivity index (χ0v) is 41.2. The summed E-state index contributed by atoms with van der Waals surface area (Å²) >= 11 is 0. The van der Waals surface area contributed by atoms with Crippen LogP contribution < -0.4 is 10.6 Å². The van der Waals surface area contributed by atoms with Gasteiger partial charge in [0.25, 0.3) is 0 Å². The van der Waals surface area contributed by atoms with Crippen molar-refractivity contribution in [1.29, 1.82) is 0 Å². The van der Waals surface area contributed by atoms with Gasteiger partial charge in [0.1, 0.15) is 37.6 Å². The van der Waals surface area contributed by atoms with Crippen molar-refractivity contribution >= 4 is 23.6 Å². The Balaban J connectivity index is 0.639. The van der Waals surface area contributed by atoms with Gasteiger partial charge in [-0.1, -0.05) is 72.8 Å². The van der Waals surface area contributed by atoms with E-state index in [1.165, 1.54) is 9.80 Å². The molecule has 0 bridgehead atoms. The second-order valence-corrected chi connectivity index (χ2v) is 18.8. The summed E-state index contributed by atoms with van der Waals surface area (Å²) in [6.45, 7) is 0.933. The first-order valence-electron chi connectivity index (χ1n) is 25.4. The van der Waals surface area contributed by atoms with Crippen LogP contribution >= 0.6 is 0 Å². The zero-order chi connectivity index (χ0) is 51.8. The third kappa shape index (κ3) is 15.3. The molecule has 2 N–H and O–H groups in total. The van der Waals surface area contributed by atoms with E-state index in [1.807, 2.05) is 12.1 Å². The average Bonchev–Trinajstić information content (AvgIpc) is 4.35. The monoisotopic (exact) mass is 1030 g/mol. The number of nitrogens with one attached hydrogen (secondary N) is 2. The highest BCUT2D eigenvalue weighted by Gasteiger charge is 2.42. The number of hydrogen-bond donors (Lipinski definition) is 2. The lowest BCUT2D eigenvalue weighted by atomic mass is 10.0. The fourth-order valence-corrected chi connectivity index (χ4v) is 9.16. The molecule has 8 rings (SSSR count). The summed E-state index contributed by atoms with van der Waals surface area (Å²) in [7, 11) is 0. The van der Waals surface area contributed by atoms with Crippen molar-refractivity contribution in [3.8, 4) is 0 Å². The smallest absolute Gasteiger partial charge is 0.249 e. The van der Waals surface area contributed by atoms with Crippen LogP contribution in [0, 0.1) is 11.9 Å². The van der Waals surface area contributed by atoms with Crippen molar-refractivity contribution in [3.63, 3.8) is 0 Å². The van der Waals surface area contributed by atoms with Gasteiger partial charge in [0.2, 0.25) is 35.5 Å². The maximum atomic E-state index is 15.0. The molecule has 74 heavy (non-hydrogen) atoms. The number of hydrogen-bond acceptors (Lipinski definition) is 12. The van der Waals surface area contributed by atoms with Crippen molar-refractivity contribution < 1.29 is 65.2 Å². The number of nitrogens with zero attached hydrogens (tertiary/aromatic N) is 4. The second-order valence-electron chi connectivity index (χ2n) is 18.8. The Labute approximate surface area is 427 Å². The number of rotatable bonds is 29. The van der Waals surface area contributed by atoms with Crippen LogP contribution in [0.2, 0.25) is 0 Å². The van der Waals surface area contributed by atoms with Crippen molar-refractivity contribution in [2.75, 3.05) is 92.4 Å². The Hall–Kier alpha value is -5.90. The molecule has 4 heterocycles. The molecule has 2 aliphatic carbocycles. The van der Waals surface area contributed by atoms with Gasteiger partial charge in [-0.3, -0.25) is 19.2 Å². The number of amides is 4. The Morgan fingerprint density at radius 2 is 0.838 bits per heavy atom. The van der Waals surface area contributed by atoms with Crippen molar-refractivity contribution in [1.82, 2.24) is 30.4 Å². The molecule has 4 amide bonds. The number of ether oxygens (including phenoxy) is 6. The molecule has 6 atom stereocenters. The van der Waals surface area contributed by atoms with E-state index in [1.54, 1.807) is 72.8 Å². The van der Waals surface area contributed by atoms with E-state index < -0.39 is 72.0 Å². The molecule has 4 aromatic rings. The molecule has 6 unspecified atom stereocenters. The zero-order valence-electron chi connectivity index (χ0n) is 41.2. The van der Waals surface area contributed by atoms with E-state index in [0.717, 1.165) is 25.7 Å². The Morgan fingerprint density at radius 1 is 0.500 bits per heavy atom. The average molecular weight is 1030 g/mol. The molecule has 2 saturated heterocycles. The molecule has 398 valence electrons. The molecule has 16 nitrogen and oxygen atoms in total. The van der Waals surface area contributed by atoms with Crippen LogP contribution in [0.4, 0.5) is 17.6 Å². The maximum Gasteiger partial charge on any atom is 0.249 e. The van der Waals surface area contributed by atoms with E-state index in [4.69, 9.17) is 28.4 Å². The molecular weight excluding hydrogens is 969 g/mol. The van der Waals surface area contributed by atoms with Gasteiger partial charge in [-0.2, -0.15) is 8.78 Å². The van der Waals surface area contributed by atoms with Crippen molar-refractivity contribution in [2.45, 2.75) is 86.9 Å². The summed E-state index contributed by atoms with van der Waals surface area (Å²) in [6.07, 6.45) is 0.477. The molecule has 20 heteroatoms. The lowest BCUT2D eigenvalue weighted by Crippen LogP contribution is -2.48. The lowest BCUT2D eigenvalue weighted by molar-refractivity contribution is -0.142. The number of pyridine rings is 2. The number of benzene rings is 2.